The van der Waals surface area contributed by atoms with Gasteiger partial charge < -0.3 is 14.5 Å². The number of hydrogen-bond acceptors (Lipinski definition) is 5. The second-order valence-electron chi connectivity index (χ2n) is 5.89. The molecule has 2 heterocycles. The molecule has 1 unspecified atom stereocenters. The van der Waals surface area contributed by atoms with E-state index in [-0.39, 0.29) is 24.4 Å². The molecule has 5 nitrogen and oxygen atoms in total. The van der Waals surface area contributed by atoms with Crippen LogP contribution in [0.15, 0.2) is 34.7 Å². The molecule has 0 radical (unpaired) electrons. The van der Waals surface area contributed by atoms with Crippen LogP contribution in [0.3, 0.4) is 0 Å². The smallest absolute Gasteiger partial charge is 0.341 e. The number of ether oxygens (including phenoxy) is 1. The van der Waals surface area contributed by atoms with Crippen molar-refractivity contribution in [2.24, 2.45) is 0 Å². The van der Waals surface area contributed by atoms with E-state index in [1.165, 1.54) is 7.11 Å². The Morgan fingerprint density at radius 2 is 2.20 bits per heavy atom. The lowest BCUT2D eigenvalue weighted by molar-refractivity contribution is 0.0599. The van der Waals surface area contributed by atoms with Gasteiger partial charge in [0.15, 0.2) is 0 Å². The summed E-state index contributed by atoms with van der Waals surface area (Å²) in [6, 6.07) is 9.84. The van der Waals surface area contributed by atoms with Gasteiger partial charge in [0, 0.05) is 30.7 Å². The summed E-state index contributed by atoms with van der Waals surface area (Å²) in [4.78, 5) is 14.1. The number of piperazine rings is 1. The summed E-state index contributed by atoms with van der Waals surface area (Å²) in [5.41, 5.74) is 1.58. The van der Waals surface area contributed by atoms with Crippen molar-refractivity contribution in [1.29, 1.82) is 0 Å². The molecule has 1 aliphatic heterocycles. The van der Waals surface area contributed by atoms with Gasteiger partial charge in [-0.1, -0.05) is 29.8 Å². The van der Waals surface area contributed by atoms with Crippen molar-refractivity contribution in [2.45, 2.75) is 19.5 Å². The van der Waals surface area contributed by atoms with E-state index in [4.69, 9.17) is 20.8 Å². The van der Waals surface area contributed by atoms with Gasteiger partial charge >= 0.3 is 5.97 Å². The van der Waals surface area contributed by atoms with E-state index < -0.39 is 0 Å². The van der Waals surface area contributed by atoms with Crippen LogP contribution in [0.25, 0.3) is 0 Å². The fourth-order valence-electron chi connectivity index (χ4n) is 3.12. The zero-order chi connectivity index (χ0) is 17.1. The van der Waals surface area contributed by atoms with Gasteiger partial charge in [-0.25, -0.2) is 4.79 Å². The summed E-state index contributed by atoms with van der Waals surface area (Å²) in [7, 11) is 1.37. The fraction of sp³-hybridized carbons (Fsp3) is 0.389. The number of nitrogens with zero attached hydrogens (tertiary/aromatic N) is 1. The molecule has 3 rings (SSSR count). The third-order valence-electron chi connectivity index (χ3n) is 4.35. The van der Waals surface area contributed by atoms with Crippen LogP contribution in [0.5, 0.6) is 0 Å². The fourth-order valence-corrected chi connectivity index (χ4v) is 3.38. The van der Waals surface area contributed by atoms with Gasteiger partial charge in [-0.15, -0.1) is 12.4 Å². The minimum absolute atomic E-state index is 0. The highest BCUT2D eigenvalue weighted by molar-refractivity contribution is 6.31. The van der Waals surface area contributed by atoms with E-state index >= 15 is 0 Å². The van der Waals surface area contributed by atoms with Gasteiger partial charge in [-0.05, 0) is 24.6 Å². The Balaban J connectivity index is 0.00000225. The highest BCUT2D eigenvalue weighted by Crippen LogP contribution is 2.30. The highest BCUT2D eigenvalue weighted by Gasteiger charge is 2.27. The lowest BCUT2D eigenvalue weighted by Crippen LogP contribution is -2.45. The number of carbonyl (C=O) groups is 1. The van der Waals surface area contributed by atoms with Crippen LogP contribution in [0.1, 0.15) is 33.5 Å². The van der Waals surface area contributed by atoms with Crippen molar-refractivity contribution < 1.29 is 13.9 Å². The third kappa shape index (κ3) is 4.36. The first-order valence-corrected chi connectivity index (χ1v) is 8.34. The van der Waals surface area contributed by atoms with Crippen LogP contribution in [0.2, 0.25) is 5.02 Å². The van der Waals surface area contributed by atoms with Crippen molar-refractivity contribution in [1.82, 2.24) is 10.2 Å². The van der Waals surface area contributed by atoms with Crippen molar-refractivity contribution in [2.75, 3.05) is 26.7 Å². The Labute approximate surface area is 158 Å². The first-order chi connectivity index (χ1) is 11.6. The maximum Gasteiger partial charge on any atom is 0.341 e. The van der Waals surface area contributed by atoms with Crippen LogP contribution in [-0.2, 0) is 11.3 Å². The Morgan fingerprint density at radius 1 is 1.44 bits per heavy atom. The number of benzene rings is 1. The number of furan rings is 1. The molecule has 1 N–H and O–H groups in total. The Kier molecular flexibility index (Phi) is 6.90. The third-order valence-corrected chi connectivity index (χ3v) is 4.70. The van der Waals surface area contributed by atoms with Gasteiger partial charge in [0.25, 0.3) is 0 Å². The Morgan fingerprint density at radius 3 is 2.92 bits per heavy atom. The van der Waals surface area contributed by atoms with E-state index in [1.807, 2.05) is 18.2 Å². The van der Waals surface area contributed by atoms with Gasteiger partial charge in [-0.2, -0.15) is 0 Å². The quantitative estimate of drug-likeness (QED) is 0.816. The number of carbonyl (C=O) groups excluding carboxylic acids is 1. The predicted molar refractivity (Wildman–Crippen MR) is 99.5 cm³/mol. The molecular weight excluding hydrogens is 363 g/mol. The lowest BCUT2D eigenvalue weighted by atomic mass is 10.0. The number of rotatable bonds is 4. The maximum absolute atomic E-state index is 11.7. The van der Waals surface area contributed by atoms with Crippen LogP contribution < -0.4 is 5.32 Å². The van der Waals surface area contributed by atoms with E-state index in [1.54, 1.807) is 13.0 Å². The minimum atomic E-state index is -0.370. The molecule has 0 saturated carbocycles. The van der Waals surface area contributed by atoms with E-state index in [2.05, 4.69) is 16.3 Å². The Bertz CT molecular complexity index is 733. The molecular formula is C18H22Cl2N2O3. The lowest BCUT2D eigenvalue weighted by Gasteiger charge is -2.36. The average Bonchev–Trinajstić information content (AvgIpc) is 2.96. The molecule has 1 atom stereocenters. The molecule has 0 spiro atoms. The largest absolute Gasteiger partial charge is 0.465 e. The predicted octanol–water partition coefficient (Wildman–Crippen LogP) is 3.60. The summed E-state index contributed by atoms with van der Waals surface area (Å²) in [5, 5.41) is 4.18. The topological polar surface area (TPSA) is 54.7 Å². The summed E-state index contributed by atoms with van der Waals surface area (Å²) in [6.07, 6.45) is 0. The molecule has 1 aromatic heterocycles. The first kappa shape index (κ1) is 19.8. The van der Waals surface area contributed by atoms with Gasteiger partial charge in [0.1, 0.15) is 17.1 Å². The number of esters is 1. The zero-order valence-electron chi connectivity index (χ0n) is 14.3. The summed E-state index contributed by atoms with van der Waals surface area (Å²) < 4.78 is 10.5. The molecule has 0 aliphatic carbocycles. The monoisotopic (exact) mass is 384 g/mol. The van der Waals surface area contributed by atoms with Gasteiger partial charge in [-0.3, -0.25) is 4.90 Å². The Hall–Kier alpha value is -1.53. The second kappa shape index (κ2) is 8.72. The van der Waals surface area contributed by atoms with E-state index in [0.717, 1.165) is 36.0 Å². The molecule has 1 aliphatic rings. The summed E-state index contributed by atoms with van der Waals surface area (Å²) in [6.45, 7) is 5.01. The maximum atomic E-state index is 11.7. The van der Waals surface area contributed by atoms with Crippen LogP contribution in [0, 0.1) is 6.92 Å². The molecule has 0 amide bonds. The minimum Gasteiger partial charge on any atom is -0.465 e. The average molecular weight is 385 g/mol. The summed E-state index contributed by atoms with van der Waals surface area (Å²) >= 11 is 6.38. The number of halogens is 2. The van der Waals surface area contributed by atoms with Crippen LogP contribution >= 0.6 is 24.0 Å². The molecule has 7 heteroatoms. The van der Waals surface area contributed by atoms with Crippen molar-refractivity contribution in [3.8, 4) is 0 Å². The number of hydrogen-bond donors (Lipinski definition) is 1. The summed E-state index contributed by atoms with van der Waals surface area (Å²) in [5.74, 6) is 0.971. The molecule has 1 aromatic carbocycles. The van der Waals surface area contributed by atoms with Gasteiger partial charge in [0.05, 0.1) is 13.7 Å². The van der Waals surface area contributed by atoms with Gasteiger partial charge in [0.2, 0.25) is 0 Å². The molecule has 136 valence electrons. The number of aryl methyl sites for hydroxylation is 1. The highest BCUT2D eigenvalue weighted by atomic mass is 35.5. The molecule has 0 bridgehead atoms. The van der Waals surface area contributed by atoms with E-state index in [9.17, 15) is 4.79 Å². The second-order valence-corrected chi connectivity index (χ2v) is 6.29. The van der Waals surface area contributed by atoms with Crippen molar-refractivity contribution in [3.05, 3.63) is 58.0 Å². The van der Waals surface area contributed by atoms with Crippen LogP contribution in [0.4, 0.5) is 0 Å². The van der Waals surface area contributed by atoms with Crippen molar-refractivity contribution >= 4 is 30.0 Å². The molecule has 1 fully saturated rings. The van der Waals surface area contributed by atoms with Crippen LogP contribution in [-0.4, -0.2) is 37.6 Å². The molecule has 2 aromatic rings. The normalized spacial score (nSPS) is 17.8. The zero-order valence-corrected chi connectivity index (χ0v) is 15.8. The molecule has 1 saturated heterocycles. The first-order valence-electron chi connectivity index (χ1n) is 7.97. The number of methoxy groups -OCH3 is 1. The standard InChI is InChI=1S/C18H21ClN2O3.ClH/c1-12-15(18(22)23-2)9-13(24-12)11-21-8-7-20-10-17(21)14-5-3-4-6-16(14)19;/h3-6,9,17,20H,7-8,10-11H2,1-2H3;1H. The van der Waals surface area contributed by atoms with Crippen molar-refractivity contribution in [3.63, 3.8) is 0 Å². The number of nitrogens with one attached hydrogen (secondary N) is 1. The molecule has 25 heavy (non-hydrogen) atoms. The van der Waals surface area contributed by atoms with E-state index in [0.29, 0.717) is 17.9 Å². The SMILES string of the molecule is COC(=O)c1cc(CN2CCNCC2c2ccccc2Cl)oc1C.Cl.